The molecular weight excluding hydrogens is 371 g/mol. The molecule has 1 aromatic carbocycles. The van der Waals surface area contributed by atoms with E-state index in [9.17, 15) is 23.4 Å². The molecule has 0 aliphatic carbocycles. The van der Waals surface area contributed by atoms with Gasteiger partial charge in [-0.25, -0.2) is 0 Å². The van der Waals surface area contributed by atoms with E-state index in [-0.39, 0.29) is 25.6 Å². The van der Waals surface area contributed by atoms with Crippen molar-refractivity contribution in [2.24, 2.45) is 0 Å². The minimum Gasteiger partial charge on any atom is -0.493 e. The van der Waals surface area contributed by atoms with Crippen LogP contribution in [0, 0.1) is 0 Å². The molecule has 0 aliphatic heterocycles. The number of benzene rings is 1. The number of likely N-dealkylation sites (N-methyl/N-ethyl adjacent to an activating group) is 1. The molecule has 0 radical (unpaired) electrons. The summed E-state index contributed by atoms with van der Waals surface area (Å²) in [6, 6.07) is 4.11. The highest BCUT2D eigenvalue weighted by molar-refractivity contribution is 5.39. The van der Waals surface area contributed by atoms with E-state index < -0.39 is 17.3 Å². The molecule has 162 valence electrons. The van der Waals surface area contributed by atoms with Crippen LogP contribution in [-0.4, -0.2) is 54.6 Å². The van der Waals surface area contributed by atoms with E-state index in [4.69, 9.17) is 4.74 Å². The van der Waals surface area contributed by atoms with Crippen LogP contribution in [0.1, 0.15) is 56.6 Å². The highest BCUT2D eigenvalue weighted by atomic mass is 19.4. The van der Waals surface area contributed by atoms with E-state index >= 15 is 0 Å². The van der Waals surface area contributed by atoms with Crippen LogP contribution in [0.5, 0.6) is 5.75 Å². The Balaban J connectivity index is 2.83. The predicted octanol–water partition coefficient (Wildman–Crippen LogP) is 4.27. The first kappa shape index (κ1) is 24.7. The van der Waals surface area contributed by atoms with Crippen molar-refractivity contribution in [3.05, 3.63) is 29.3 Å². The van der Waals surface area contributed by atoms with Crippen LogP contribution in [0.2, 0.25) is 0 Å². The lowest BCUT2D eigenvalue weighted by atomic mass is 9.91. The fourth-order valence-electron chi connectivity index (χ4n) is 3.06. The van der Waals surface area contributed by atoms with E-state index in [1.165, 1.54) is 6.07 Å². The summed E-state index contributed by atoms with van der Waals surface area (Å²) in [6.07, 6.45) is 1.12. The van der Waals surface area contributed by atoms with Crippen molar-refractivity contribution in [2.45, 2.75) is 63.6 Å². The van der Waals surface area contributed by atoms with Gasteiger partial charge in [-0.05, 0) is 51.1 Å². The van der Waals surface area contributed by atoms with Crippen LogP contribution in [-0.2, 0) is 12.6 Å². The number of ether oxygens (including phenoxy) is 1. The summed E-state index contributed by atoms with van der Waals surface area (Å²) in [4.78, 5) is 1.70. The second-order valence-electron chi connectivity index (χ2n) is 7.53. The highest BCUT2D eigenvalue weighted by Crippen LogP contribution is 2.37. The average molecular weight is 406 g/mol. The van der Waals surface area contributed by atoms with Gasteiger partial charge in [0, 0.05) is 0 Å². The van der Waals surface area contributed by atoms with Crippen LogP contribution in [0.4, 0.5) is 13.2 Å². The van der Waals surface area contributed by atoms with Crippen molar-refractivity contribution in [2.75, 3.05) is 33.9 Å². The van der Waals surface area contributed by atoms with Gasteiger partial charge >= 0.3 is 6.18 Å². The lowest BCUT2D eigenvalue weighted by Crippen LogP contribution is -2.51. The van der Waals surface area contributed by atoms with Gasteiger partial charge in [-0.2, -0.15) is 13.2 Å². The summed E-state index contributed by atoms with van der Waals surface area (Å²) < 4.78 is 45.8. The maximum atomic E-state index is 13.5. The molecule has 0 fully saturated rings. The van der Waals surface area contributed by atoms with Crippen molar-refractivity contribution in [1.82, 2.24) is 4.90 Å². The number of aryl methyl sites for hydroxylation is 1. The smallest absolute Gasteiger partial charge is 0.419 e. The molecule has 2 N–H and O–H groups in total. The molecule has 1 rings (SSSR count). The Hall–Kier alpha value is -1.31. The number of hydrogen-bond acceptors (Lipinski definition) is 4. The molecular formula is C21H34F3NO3. The zero-order chi connectivity index (χ0) is 21.2. The molecule has 0 saturated heterocycles. The number of alkyl halides is 3. The summed E-state index contributed by atoms with van der Waals surface area (Å²) in [6.45, 7) is 1.83. The number of hydrogen-bond donors (Lipinski definition) is 2. The largest absolute Gasteiger partial charge is 0.493 e. The van der Waals surface area contributed by atoms with Crippen LogP contribution < -0.4 is 4.74 Å². The Labute approximate surface area is 166 Å². The molecule has 28 heavy (non-hydrogen) atoms. The molecule has 0 bridgehead atoms. The number of unbranched alkanes of at least 4 members (excludes halogenated alkanes) is 4. The van der Waals surface area contributed by atoms with E-state index in [2.05, 4.69) is 6.92 Å². The zero-order valence-electron chi connectivity index (χ0n) is 17.2. The molecule has 0 aromatic heterocycles. The Morgan fingerprint density at radius 2 is 1.64 bits per heavy atom. The summed E-state index contributed by atoms with van der Waals surface area (Å²) in [7, 11) is 3.45. The first-order chi connectivity index (χ1) is 13.2. The summed E-state index contributed by atoms with van der Waals surface area (Å²) in [5, 5.41) is 19.3. The molecule has 0 saturated carbocycles. The third kappa shape index (κ3) is 7.26. The molecule has 0 aliphatic rings. The molecule has 4 nitrogen and oxygen atoms in total. The van der Waals surface area contributed by atoms with Crippen molar-refractivity contribution >= 4 is 0 Å². The SMILES string of the molecule is CCCCCCCOc1ccc(CCC(CO)(CO)N(C)C)cc1C(F)(F)F. The minimum atomic E-state index is -4.50. The van der Waals surface area contributed by atoms with Gasteiger partial charge < -0.3 is 14.9 Å². The topological polar surface area (TPSA) is 52.9 Å². The second kappa shape index (κ2) is 11.6. The second-order valence-corrected chi connectivity index (χ2v) is 7.53. The normalized spacial score (nSPS) is 12.6. The number of rotatable bonds is 13. The standard InChI is InChI=1S/C21H34F3NO3/c1-4-5-6-7-8-13-28-19-10-9-17(14-18(19)21(22,23)24)11-12-20(15-26,16-27)25(2)3/h9-10,14,26-27H,4-8,11-13,15-16H2,1-3H3. The number of aliphatic hydroxyl groups excluding tert-OH is 2. The van der Waals surface area contributed by atoms with Crippen molar-refractivity contribution in [3.63, 3.8) is 0 Å². The molecule has 7 heteroatoms. The van der Waals surface area contributed by atoms with Gasteiger partial charge in [0.2, 0.25) is 0 Å². The monoisotopic (exact) mass is 405 g/mol. The van der Waals surface area contributed by atoms with Crippen molar-refractivity contribution in [1.29, 1.82) is 0 Å². The number of halogens is 3. The first-order valence-corrected chi connectivity index (χ1v) is 9.92. The molecule has 0 spiro atoms. The Kier molecular flexibility index (Phi) is 10.3. The lowest BCUT2D eigenvalue weighted by Gasteiger charge is -2.36. The third-order valence-corrected chi connectivity index (χ3v) is 5.27. The fourth-order valence-corrected chi connectivity index (χ4v) is 3.06. The first-order valence-electron chi connectivity index (χ1n) is 9.92. The van der Waals surface area contributed by atoms with Gasteiger partial charge in [0.05, 0.1) is 30.9 Å². The summed E-state index contributed by atoms with van der Waals surface area (Å²) in [5.41, 5.74) is -1.15. The van der Waals surface area contributed by atoms with Gasteiger partial charge in [-0.1, -0.05) is 38.7 Å². The Morgan fingerprint density at radius 3 is 2.18 bits per heavy atom. The predicted molar refractivity (Wildman–Crippen MR) is 105 cm³/mol. The van der Waals surface area contributed by atoms with Crippen LogP contribution >= 0.6 is 0 Å². The minimum absolute atomic E-state index is 0.144. The van der Waals surface area contributed by atoms with Crippen LogP contribution in [0.3, 0.4) is 0 Å². The van der Waals surface area contributed by atoms with E-state index in [0.717, 1.165) is 38.2 Å². The quantitative estimate of drug-likeness (QED) is 0.481. The van der Waals surface area contributed by atoms with Gasteiger partial charge in [-0.15, -0.1) is 0 Å². The van der Waals surface area contributed by atoms with E-state index in [1.807, 2.05) is 0 Å². The van der Waals surface area contributed by atoms with Crippen molar-refractivity contribution < 1.29 is 28.1 Å². The lowest BCUT2D eigenvalue weighted by molar-refractivity contribution is -0.139. The van der Waals surface area contributed by atoms with E-state index in [1.54, 1.807) is 25.1 Å². The maximum Gasteiger partial charge on any atom is 0.419 e. The zero-order valence-corrected chi connectivity index (χ0v) is 17.2. The molecule has 0 amide bonds. The maximum absolute atomic E-state index is 13.5. The van der Waals surface area contributed by atoms with Gasteiger partial charge in [0.1, 0.15) is 5.75 Å². The average Bonchev–Trinajstić information content (AvgIpc) is 2.65. The highest BCUT2D eigenvalue weighted by Gasteiger charge is 2.35. The Morgan fingerprint density at radius 1 is 1.00 bits per heavy atom. The van der Waals surface area contributed by atoms with Crippen LogP contribution in [0.15, 0.2) is 18.2 Å². The molecule has 0 unspecified atom stereocenters. The van der Waals surface area contributed by atoms with Gasteiger partial charge in [0.15, 0.2) is 0 Å². The molecule has 0 atom stereocenters. The van der Waals surface area contributed by atoms with Gasteiger partial charge in [-0.3, -0.25) is 4.90 Å². The van der Waals surface area contributed by atoms with Crippen LogP contribution in [0.25, 0.3) is 0 Å². The molecule has 0 heterocycles. The summed E-state index contributed by atoms with van der Waals surface area (Å²) >= 11 is 0. The van der Waals surface area contributed by atoms with Gasteiger partial charge in [0.25, 0.3) is 0 Å². The summed E-state index contributed by atoms with van der Waals surface area (Å²) in [5.74, 6) is -0.144. The Bertz CT molecular complexity index is 573. The molecule has 1 aromatic rings. The number of nitrogens with zero attached hydrogens (tertiary/aromatic N) is 1. The fraction of sp³-hybridized carbons (Fsp3) is 0.714. The van der Waals surface area contributed by atoms with Crippen molar-refractivity contribution in [3.8, 4) is 5.75 Å². The third-order valence-electron chi connectivity index (χ3n) is 5.27. The number of aliphatic hydroxyl groups is 2. The van der Waals surface area contributed by atoms with E-state index in [0.29, 0.717) is 18.4 Å².